The summed E-state index contributed by atoms with van der Waals surface area (Å²) in [5.41, 5.74) is 0. The third-order valence-corrected chi connectivity index (χ3v) is 5.20. The van der Waals surface area contributed by atoms with Crippen LogP contribution in [0.15, 0.2) is 23.1 Å². The van der Waals surface area contributed by atoms with Crippen molar-refractivity contribution in [3.05, 3.63) is 18.2 Å². The third kappa shape index (κ3) is 3.48. The number of ether oxygens (including phenoxy) is 2. The van der Waals surface area contributed by atoms with Gasteiger partial charge in [0, 0.05) is 19.2 Å². The highest BCUT2D eigenvalue weighted by molar-refractivity contribution is 7.89. The van der Waals surface area contributed by atoms with Gasteiger partial charge in [0.1, 0.15) is 13.2 Å². The highest BCUT2D eigenvalue weighted by Crippen LogP contribution is 2.32. The van der Waals surface area contributed by atoms with Gasteiger partial charge in [-0.25, -0.2) is 13.1 Å². The van der Waals surface area contributed by atoms with Crippen molar-refractivity contribution in [1.82, 2.24) is 9.62 Å². The largest absolute Gasteiger partial charge is 0.486 e. The molecule has 21 heavy (non-hydrogen) atoms. The van der Waals surface area contributed by atoms with E-state index in [0.29, 0.717) is 31.3 Å². The number of sulfonamides is 1. The maximum absolute atomic E-state index is 12.3. The zero-order chi connectivity index (χ0) is 14.7. The summed E-state index contributed by atoms with van der Waals surface area (Å²) < 4.78 is 38.0. The lowest BCUT2D eigenvalue weighted by molar-refractivity contribution is 0.171. The van der Waals surface area contributed by atoms with Crippen molar-refractivity contribution in [3.63, 3.8) is 0 Å². The first-order valence-electron chi connectivity index (χ1n) is 7.27. The fourth-order valence-corrected chi connectivity index (χ4v) is 3.65. The Morgan fingerprint density at radius 1 is 1.10 bits per heavy atom. The molecule has 116 valence electrons. The van der Waals surface area contributed by atoms with Crippen molar-refractivity contribution >= 4 is 10.0 Å². The van der Waals surface area contributed by atoms with Crippen molar-refractivity contribution in [2.75, 3.05) is 39.4 Å². The average molecular weight is 312 g/mol. The number of benzene rings is 1. The van der Waals surface area contributed by atoms with Crippen molar-refractivity contribution in [3.8, 4) is 11.5 Å². The third-order valence-electron chi connectivity index (χ3n) is 3.74. The minimum atomic E-state index is -3.50. The summed E-state index contributed by atoms with van der Waals surface area (Å²) in [7, 11) is -3.50. The van der Waals surface area contributed by atoms with Gasteiger partial charge >= 0.3 is 0 Å². The summed E-state index contributed by atoms with van der Waals surface area (Å²) in [5, 5.41) is 0. The maximum atomic E-state index is 12.3. The van der Waals surface area contributed by atoms with Crippen molar-refractivity contribution in [2.45, 2.75) is 17.7 Å². The molecule has 0 bridgehead atoms. The number of nitrogens with one attached hydrogen (secondary N) is 1. The van der Waals surface area contributed by atoms with E-state index in [-0.39, 0.29) is 4.90 Å². The molecule has 0 aliphatic carbocycles. The zero-order valence-corrected chi connectivity index (χ0v) is 12.7. The number of nitrogens with zero attached hydrogens (tertiary/aromatic N) is 1. The summed E-state index contributed by atoms with van der Waals surface area (Å²) >= 11 is 0. The number of hydrogen-bond donors (Lipinski definition) is 1. The zero-order valence-electron chi connectivity index (χ0n) is 11.9. The van der Waals surface area contributed by atoms with Crippen LogP contribution in [0.25, 0.3) is 0 Å². The van der Waals surface area contributed by atoms with Crippen molar-refractivity contribution in [2.24, 2.45) is 0 Å². The first kappa shape index (κ1) is 14.6. The van der Waals surface area contributed by atoms with Crippen LogP contribution in [0.4, 0.5) is 0 Å². The number of fused-ring (bicyclic) bond motifs is 1. The average Bonchev–Trinajstić information content (AvgIpc) is 3.00. The molecule has 1 fully saturated rings. The van der Waals surface area contributed by atoms with Gasteiger partial charge in [-0.2, -0.15) is 0 Å². The van der Waals surface area contributed by atoms with Gasteiger partial charge in [-0.1, -0.05) is 0 Å². The van der Waals surface area contributed by atoms with Gasteiger partial charge in [-0.3, -0.25) is 0 Å². The van der Waals surface area contributed by atoms with Crippen LogP contribution in [0.2, 0.25) is 0 Å². The summed E-state index contributed by atoms with van der Waals surface area (Å²) in [5.74, 6) is 1.08. The van der Waals surface area contributed by atoms with Crippen LogP contribution in [0.1, 0.15) is 12.8 Å². The highest BCUT2D eigenvalue weighted by Gasteiger charge is 2.19. The molecule has 1 aromatic carbocycles. The second-order valence-electron chi connectivity index (χ2n) is 5.25. The van der Waals surface area contributed by atoms with Gasteiger partial charge in [0.15, 0.2) is 11.5 Å². The molecule has 0 aromatic heterocycles. The van der Waals surface area contributed by atoms with E-state index in [4.69, 9.17) is 9.47 Å². The van der Waals surface area contributed by atoms with E-state index >= 15 is 0 Å². The minimum absolute atomic E-state index is 0.216. The van der Waals surface area contributed by atoms with Gasteiger partial charge in [0.25, 0.3) is 0 Å². The summed E-state index contributed by atoms with van der Waals surface area (Å²) in [6.07, 6.45) is 2.41. The predicted octanol–water partition coefficient (Wildman–Crippen LogP) is 0.832. The second-order valence-corrected chi connectivity index (χ2v) is 7.02. The summed E-state index contributed by atoms with van der Waals surface area (Å²) in [6.45, 7) is 4.24. The number of likely N-dealkylation sites (tertiary alicyclic amines) is 1. The van der Waals surface area contributed by atoms with Crippen LogP contribution in [-0.2, 0) is 10.0 Å². The van der Waals surface area contributed by atoms with E-state index in [1.54, 1.807) is 12.1 Å². The standard InChI is InChI=1S/C14H20N2O4S/c17-21(18,15-5-8-16-6-1-2-7-16)12-3-4-13-14(11-12)20-10-9-19-13/h3-4,11,15H,1-2,5-10H2. The first-order chi connectivity index (χ1) is 10.1. The molecule has 0 atom stereocenters. The molecular weight excluding hydrogens is 292 g/mol. The Kier molecular flexibility index (Phi) is 4.32. The van der Waals surface area contributed by atoms with Gasteiger partial charge in [0.2, 0.25) is 10.0 Å². The lowest BCUT2D eigenvalue weighted by Gasteiger charge is -2.19. The molecular formula is C14H20N2O4S. The van der Waals surface area contributed by atoms with E-state index < -0.39 is 10.0 Å². The fraction of sp³-hybridized carbons (Fsp3) is 0.571. The maximum Gasteiger partial charge on any atom is 0.240 e. The SMILES string of the molecule is O=S(=O)(NCCN1CCCC1)c1ccc2c(c1)OCCO2. The number of hydrogen-bond acceptors (Lipinski definition) is 5. The summed E-state index contributed by atoms with van der Waals surface area (Å²) in [4.78, 5) is 2.49. The first-order valence-corrected chi connectivity index (χ1v) is 8.75. The molecule has 7 heteroatoms. The van der Waals surface area contributed by atoms with Gasteiger partial charge in [-0.15, -0.1) is 0 Å². The molecule has 2 aliphatic rings. The van der Waals surface area contributed by atoms with Gasteiger partial charge < -0.3 is 14.4 Å². The lowest BCUT2D eigenvalue weighted by Crippen LogP contribution is -2.33. The van der Waals surface area contributed by atoms with Crippen LogP contribution in [0, 0.1) is 0 Å². The molecule has 0 saturated carbocycles. The molecule has 1 N–H and O–H groups in total. The Labute approximate surface area is 125 Å². The Morgan fingerprint density at radius 2 is 1.81 bits per heavy atom. The van der Waals surface area contributed by atoms with Gasteiger partial charge in [0.05, 0.1) is 4.90 Å². The minimum Gasteiger partial charge on any atom is -0.486 e. The molecule has 1 saturated heterocycles. The molecule has 0 radical (unpaired) electrons. The van der Waals surface area contributed by atoms with Crippen molar-refractivity contribution < 1.29 is 17.9 Å². The van der Waals surface area contributed by atoms with E-state index in [9.17, 15) is 8.42 Å². The quantitative estimate of drug-likeness (QED) is 0.872. The number of rotatable bonds is 5. The van der Waals surface area contributed by atoms with Crippen LogP contribution in [0.3, 0.4) is 0 Å². The van der Waals surface area contributed by atoms with Crippen LogP contribution in [0.5, 0.6) is 11.5 Å². The van der Waals surface area contributed by atoms with E-state index in [2.05, 4.69) is 9.62 Å². The Balaban J connectivity index is 1.63. The second kappa shape index (κ2) is 6.21. The Bertz CT molecular complexity index is 597. The molecule has 0 unspecified atom stereocenters. The monoisotopic (exact) mass is 312 g/mol. The molecule has 3 rings (SSSR count). The molecule has 2 heterocycles. The van der Waals surface area contributed by atoms with Gasteiger partial charge in [-0.05, 0) is 38.1 Å². The topological polar surface area (TPSA) is 67.9 Å². The Hall–Kier alpha value is -1.31. The van der Waals surface area contributed by atoms with Crippen LogP contribution >= 0.6 is 0 Å². The predicted molar refractivity (Wildman–Crippen MR) is 78.3 cm³/mol. The van der Waals surface area contributed by atoms with Crippen molar-refractivity contribution in [1.29, 1.82) is 0 Å². The lowest BCUT2D eigenvalue weighted by atomic mass is 10.3. The molecule has 6 nitrogen and oxygen atoms in total. The van der Waals surface area contributed by atoms with Crippen LogP contribution < -0.4 is 14.2 Å². The highest BCUT2D eigenvalue weighted by atomic mass is 32.2. The van der Waals surface area contributed by atoms with Crippen LogP contribution in [-0.4, -0.2) is 52.7 Å². The summed E-state index contributed by atoms with van der Waals surface area (Å²) in [6, 6.07) is 4.71. The molecule has 2 aliphatic heterocycles. The fourth-order valence-electron chi connectivity index (χ4n) is 2.62. The van der Waals surface area contributed by atoms with E-state index in [1.165, 1.54) is 18.9 Å². The molecule has 0 spiro atoms. The molecule has 0 amide bonds. The van der Waals surface area contributed by atoms with E-state index in [1.807, 2.05) is 0 Å². The normalized spacial score (nSPS) is 18.9. The Morgan fingerprint density at radius 3 is 2.57 bits per heavy atom. The molecule has 1 aromatic rings. The van der Waals surface area contributed by atoms with E-state index in [0.717, 1.165) is 19.6 Å². The smallest absolute Gasteiger partial charge is 0.240 e.